The zero-order valence-electron chi connectivity index (χ0n) is 18.4. The Morgan fingerprint density at radius 3 is 1.62 bits per heavy atom. The second kappa shape index (κ2) is 22.4. The van der Waals surface area contributed by atoms with Crippen LogP contribution in [0.3, 0.4) is 0 Å². The minimum Gasteiger partial charge on any atom is -0.550 e. The largest absolute Gasteiger partial charge is 1.00 e. The first-order valence-electron chi connectivity index (χ1n) is 11.1. The third kappa shape index (κ3) is 19.8. The summed E-state index contributed by atoms with van der Waals surface area (Å²) in [6.45, 7) is 9.14. The molecule has 1 unspecified atom stereocenters. The van der Waals surface area contributed by atoms with Gasteiger partial charge in [0.25, 0.3) is 0 Å². The van der Waals surface area contributed by atoms with Crippen molar-refractivity contribution in [1.82, 2.24) is 4.90 Å². The second-order valence-electron chi connectivity index (χ2n) is 7.68. The SMILES string of the molecule is CCCCCCCCN(CCCCCCCC)C(C)CCCC(=O)[O-].[K+]. The first kappa shape index (κ1) is 29.3. The third-order valence-corrected chi connectivity index (χ3v) is 5.22. The number of hydrogen-bond donors (Lipinski definition) is 0. The molecule has 0 fully saturated rings. The predicted molar refractivity (Wildman–Crippen MR) is 107 cm³/mol. The molecular weight excluding hydrogens is 349 g/mol. The predicted octanol–water partition coefficient (Wildman–Crippen LogP) is 2.32. The van der Waals surface area contributed by atoms with Crippen molar-refractivity contribution < 1.29 is 61.3 Å². The maximum atomic E-state index is 10.6. The fraction of sp³-hybridized carbons (Fsp3) is 0.955. The van der Waals surface area contributed by atoms with E-state index in [4.69, 9.17) is 0 Å². The van der Waals surface area contributed by atoms with E-state index in [1.54, 1.807) is 0 Å². The van der Waals surface area contributed by atoms with Gasteiger partial charge in [0.15, 0.2) is 0 Å². The van der Waals surface area contributed by atoms with Crippen LogP contribution >= 0.6 is 0 Å². The molecule has 0 aliphatic carbocycles. The summed E-state index contributed by atoms with van der Waals surface area (Å²) < 4.78 is 0. The Balaban J connectivity index is 0. The van der Waals surface area contributed by atoms with E-state index < -0.39 is 5.97 Å². The van der Waals surface area contributed by atoms with Crippen LogP contribution in [0.2, 0.25) is 0 Å². The van der Waals surface area contributed by atoms with Gasteiger partial charge in [-0.05, 0) is 52.1 Å². The van der Waals surface area contributed by atoms with Gasteiger partial charge in [0.05, 0.1) is 0 Å². The fourth-order valence-electron chi connectivity index (χ4n) is 3.47. The molecule has 0 saturated carbocycles. The summed E-state index contributed by atoms with van der Waals surface area (Å²) >= 11 is 0. The van der Waals surface area contributed by atoms with E-state index >= 15 is 0 Å². The number of rotatable bonds is 19. The van der Waals surface area contributed by atoms with Crippen LogP contribution in [0, 0.1) is 0 Å². The Bertz CT molecular complexity index is 284. The van der Waals surface area contributed by atoms with Crippen molar-refractivity contribution in [3.8, 4) is 0 Å². The third-order valence-electron chi connectivity index (χ3n) is 5.22. The molecular formula is C22H44KNO2. The average Bonchev–Trinajstić information content (AvgIpc) is 2.58. The quantitative estimate of drug-likeness (QED) is 0.250. The van der Waals surface area contributed by atoms with Crippen LogP contribution in [0.4, 0.5) is 0 Å². The minimum absolute atomic E-state index is 0. The van der Waals surface area contributed by atoms with Crippen molar-refractivity contribution in [2.24, 2.45) is 0 Å². The minimum atomic E-state index is -0.911. The Morgan fingerprint density at radius 1 is 0.769 bits per heavy atom. The molecule has 0 aromatic rings. The number of aliphatic carboxylic acids is 1. The van der Waals surface area contributed by atoms with E-state index in [0.29, 0.717) is 6.04 Å². The van der Waals surface area contributed by atoms with Crippen molar-refractivity contribution in [1.29, 1.82) is 0 Å². The normalized spacial score (nSPS) is 12.2. The molecule has 4 heteroatoms. The van der Waals surface area contributed by atoms with Crippen LogP contribution in [0.1, 0.15) is 117 Å². The maximum absolute atomic E-state index is 10.6. The number of carbonyl (C=O) groups is 1. The molecule has 0 bridgehead atoms. The average molecular weight is 394 g/mol. The summed E-state index contributed by atoms with van der Waals surface area (Å²) in [5.74, 6) is -0.911. The Labute approximate surface area is 206 Å². The molecule has 26 heavy (non-hydrogen) atoms. The Morgan fingerprint density at radius 2 is 1.19 bits per heavy atom. The number of carboxylic acid groups (broad SMARTS) is 1. The molecule has 0 aromatic heterocycles. The maximum Gasteiger partial charge on any atom is 1.00 e. The van der Waals surface area contributed by atoms with Crippen molar-refractivity contribution in [3.05, 3.63) is 0 Å². The number of hydrogen-bond acceptors (Lipinski definition) is 3. The van der Waals surface area contributed by atoms with Gasteiger partial charge in [-0.1, -0.05) is 78.1 Å². The van der Waals surface area contributed by atoms with E-state index in [1.807, 2.05) is 0 Å². The van der Waals surface area contributed by atoms with Gasteiger partial charge in [-0.25, -0.2) is 0 Å². The first-order valence-corrected chi connectivity index (χ1v) is 11.1. The molecule has 3 nitrogen and oxygen atoms in total. The van der Waals surface area contributed by atoms with Gasteiger partial charge < -0.3 is 14.8 Å². The van der Waals surface area contributed by atoms with Crippen LogP contribution in [0.25, 0.3) is 0 Å². The summed E-state index contributed by atoms with van der Waals surface area (Å²) in [7, 11) is 0. The standard InChI is InChI=1S/C22H45NO2.K/c1-4-6-8-10-12-14-19-23(20-15-13-11-9-7-5-2)21(3)17-16-18-22(24)25;/h21H,4-20H2,1-3H3,(H,24,25);/q;+1/p-1. The van der Waals surface area contributed by atoms with Crippen LogP contribution in [-0.4, -0.2) is 30.0 Å². The zero-order valence-corrected chi connectivity index (χ0v) is 21.5. The molecule has 0 aliphatic rings. The summed E-state index contributed by atoms with van der Waals surface area (Å²) in [4.78, 5) is 13.2. The van der Waals surface area contributed by atoms with E-state index in [9.17, 15) is 9.90 Å². The summed E-state index contributed by atoms with van der Waals surface area (Å²) in [6, 6.07) is 0.491. The second-order valence-corrected chi connectivity index (χ2v) is 7.68. The Hall–Kier alpha value is 1.07. The topological polar surface area (TPSA) is 43.4 Å². The number of unbranched alkanes of at least 4 members (excludes halogenated alkanes) is 10. The molecule has 150 valence electrons. The van der Waals surface area contributed by atoms with Crippen molar-refractivity contribution in [2.45, 2.75) is 123 Å². The molecule has 0 aliphatic heterocycles. The Kier molecular flexibility index (Phi) is 25.2. The fourth-order valence-corrected chi connectivity index (χ4v) is 3.47. The van der Waals surface area contributed by atoms with Gasteiger partial charge in [0, 0.05) is 12.0 Å². The van der Waals surface area contributed by atoms with Crippen molar-refractivity contribution in [2.75, 3.05) is 13.1 Å². The smallest absolute Gasteiger partial charge is 0.550 e. The van der Waals surface area contributed by atoms with E-state index in [2.05, 4.69) is 25.7 Å². The van der Waals surface area contributed by atoms with Crippen LogP contribution in [0.5, 0.6) is 0 Å². The molecule has 0 amide bonds. The summed E-state index contributed by atoms with van der Waals surface area (Å²) in [6.07, 6.45) is 17.9. The van der Waals surface area contributed by atoms with Gasteiger partial charge in [0.2, 0.25) is 0 Å². The number of carboxylic acids is 1. The van der Waals surface area contributed by atoms with Crippen molar-refractivity contribution in [3.63, 3.8) is 0 Å². The molecule has 0 saturated heterocycles. The molecule has 0 aromatic carbocycles. The molecule has 0 spiro atoms. The van der Waals surface area contributed by atoms with Gasteiger partial charge in [-0.3, -0.25) is 0 Å². The van der Waals surface area contributed by atoms with Gasteiger partial charge in [-0.15, -0.1) is 0 Å². The van der Waals surface area contributed by atoms with Gasteiger partial charge in [-0.2, -0.15) is 0 Å². The van der Waals surface area contributed by atoms with Crippen molar-refractivity contribution >= 4 is 5.97 Å². The van der Waals surface area contributed by atoms with Gasteiger partial charge >= 0.3 is 51.4 Å². The van der Waals surface area contributed by atoms with Gasteiger partial charge in [0.1, 0.15) is 0 Å². The monoisotopic (exact) mass is 393 g/mol. The summed E-state index contributed by atoms with van der Waals surface area (Å²) in [5.41, 5.74) is 0. The molecule has 1 atom stereocenters. The summed E-state index contributed by atoms with van der Waals surface area (Å²) in [5, 5.41) is 10.6. The molecule has 0 heterocycles. The van der Waals surface area contributed by atoms with E-state index in [0.717, 1.165) is 12.8 Å². The van der Waals surface area contributed by atoms with E-state index in [1.165, 1.54) is 90.1 Å². The number of carbonyl (C=O) groups excluding carboxylic acids is 1. The van der Waals surface area contributed by atoms with E-state index in [-0.39, 0.29) is 57.8 Å². The zero-order chi connectivity index (χ0) is 18.8. The number of nitrogens with zero attached hydrogens (tertiary/aromatic N) is 1. The van der Waals surface area contributed by atoms with Crippen LogP contribution in [-0.2, 0) is 4.79 Å². The molecule has 0 radical (unpaired) electrons. The van der Waals surface area contributed by atoms with Crippen LogP contribution in [0.15, 0.2) is 0 Å². The molecule has 0 N–H and O–H groups in total. The molecule has 0 rings (SSSR count). The first-order chi connectivity index (χ1) is 12.1. The van der Waals surface area contributed by atoms with Crippen LogP contribution < -0.4 is 56.5 Å².